The first-order chi connectivity index (χ1) is 16.7. The number of aromatic amines is 1. The number of carbonyl (C=O) groups excluding carboxylic acids is 1. The quantitative estimate of drug-likeness (QED) is 0.442. The van der Waals surface area contributed by atoms with Crippen LogP contribution in [0.5, 0.6) is 5.75 Å². The van der Waals surface area contributed by atoms with Crippen LogP contribution in [0.4, 0.5) is 19.1 Å². The molecule has 0 saturated carbocycles. The number of hydrogen-bond acceptors (Lipinski definition) is 9. The first kappa shape index (κ1) is 26.6. The number of hydrogen-bond donors (Lipinski definition) is 2. The van der Waals surface area contributed by atoms with E-state index in [1.54, 1.807) is 10.00 Å². The normalized spacial score (nSPS) is 15.2. The molecule has 0 aliphatic carbocycles. The largest absolute Gasteiger partial charge is 0.485 e. The van der Waals surface area contributed by atoms with Crippen molar-refractivity contribution >= 4 is 23.5 Å². The van der Waals surface area contributed by atoms with Crippen molar-refractivity contribution in [2.45, 2.75) is 25.1 Å². The van der Waals surface area contributed by atoms with Crippen molar-refractivity contribution in [3.8, 4) is 5.75 Å². The van der Waals surface area contributed by atoms with Gasteiger partial charge in [-0.1, -0.05) is 11.6 Å². The molecular formula is C20H24ClF3N6O5. The Kier molecular flexibility index (Phi) is 9.23. The lowest BCUT2D eigenvalue weighted by Crippen LogP contribution is -2.49. The molecule has 0 spiro atoms. The molecule has 0 aromatic carbocycles. The van der Waals surface area contributed by atoms with E-state index < -0.39 is 29.2 Å². The Morgan fingerprint density at radius 3 is 2.51 bits per heavy atom. The molecule has 0 radical (unpaired) electrons. The highest BCUT2D eigenvalue weighted by Crippen LogP contribution is 2.33. The van der Waals surface area contributed by atoms with Gasteiger partial charge in [0.1, 0.15) is 6.10 Å². The van der Waals surface area contributed by atoms with Crippen LogP contribution < -0.4 is 15.2 Å². The number of ether oxygens (including phenoxy) is 2. The maximum absolute atomic E-state index is 13.2. The van der Waals surface area contributed by atoms with Gasteiger partial charge in [-0.15, -0.1) is 0 Å². The molecule has 2 aromatic rings. The molecule has 35 heavy (non-hydrogen) atoms. The summed E-state index contributed by atoms with van der Waals surface area (Å²) in [7, 11) is 0. The zero-order valence-corrected chi connectivity index (χ0v) is 19.3. The molecule has 15 heteroatoms. The van der Waals surface area contributed by atoms with Gasteiger partial charge < -0.3 is 24.4 Å². The lowest BCUT2D eigenvalue weighted by molar-refractivity contribution is -0.141. The minimum Gasteiger partial charge on any atom is -0.485 e. The van der Waals surface area contributed by atoms with E-state index in [-0.39, 0.29) is 38.6 Å². The third-order valence-corrected chi connectivity index (χ3v) is 5.33. The molecule has 11 nitrogen and oxygen atoms in total. The number of amides is 1. The standard InChI is InChI=1S/C20H24ClF3N6O5/c21-13-9-25-19(26-10-13)30-5-3-29(4-6-30)16(32)2-8-34-12-14(1-7-31)35-15-11-27-28-18(33)17(15)20(22,23)24/h9-11,14,31H,1-8,12H2,(H,28,33). The molecule has 2 N–H and O–H groups in total. The summed E-state index contributed by atoms with van der Waals surface area (Å²) in [4.78, 5) is 36.0. The number of nitrogens with zero attached hydrogens (tertiary/aromatic N) is 5. The van der Waals surface area contributed by atoms with Gasteiger partial charge in [0.15, 0.2) is 11.3 Å². The van der Waals surface area contributed by atoms with Crippen molar-refractivity contribution in [1.82, 2.24) is 25.1 Å². The van der Waals surface area contributed by atoms with E-state index in [4.69, 9.17) is 21.1 Å². The van der Waals surface area contributed by atoms with Gasteiger partial charge in [-0.2, -0.15) is 18.3 Å². The third kappa shape index (κ3) is 7.50. The predicted octanol–water partition coefficient (Wildman–Crippen LogP) is 1.12. The van der Waals surface area contributed by atoms with Crippen LogP contribution in [0.15, 0.2) is 23.4 Å². The van der Waals surface area contributed by atoms with E-state index in [1.807, 2.05) is 4.90 Å². The molecule has 1 atom stereocenters. The number of rotatable bonds is 10. The Morgan fingerprint density at radius 1 is 1.20 bits per heavy atom. The minimum atomic E-state index is -4.95. The van der Waals surface area contributed by atoms with E-state index in [1.165, 1.54) is 12.4 Å². The van der Waals surface area contributed by atoms with Gasteiger partial charge in [0.05, 0.1) is 43.2 Å². The molecule has 1 saturated heterocycles. The highest BCUT2D eigenvalue weighted by molar-refractivity contribution is 6.30. The molecule has 1 aliphatic heterocycles. The molecule has 1 fully saturated rings. The molecule has 1 amide bonds. The first-order valence-electron chi connectivity index (χ1n) is 10.7. The smallest absolute Gasteiger partial charge is 0.425 e. The van der Waals surface area contributed by atoms with Crippen LogP contribution in [0.2, 0.25) is 5.02 Å². The zero-order valence-electron chi connectivity index (χ0n) is 18.5. The van der Waals surface area contributed by atoms with Crippen LogP contribution in [0.1, 0.15) is 18.4 Å². The molecule has 1 unspecified atom stereocenters. The lowest BCUT2D eigenvalue weighted by atomic mass is 10.2. The van der Waals surface area contributed by atoms with E-state index in [0.29, 0.717) is 37.1 Å². The Labute approximate surface area is 202 Å². The average Bonchev–Trinajstić information content (AvgIpc) is 2.81. The van der Waals surface area contributed by atoms with Gasteiger partial charge in [-0.05, 0) is 0 Å². The Morgan fingerprint density at radius 2 is 1.89 bits per heavy atom. The molecule has 192 valence electrons. The van der Waals surface area contributed by atoms with Crippen LogP contribution in [0, 0.1) is 0 Å². The van der Waals surface area contributed by atoms with Crippen molar-refractivity contribution in [2.75, 3.05) is 50.9 Å². The number of carbonyl (C=O) groups is 1. The van der Waals surface area contributed by atoms with Crippen molar-refractivity contribution in [2.24, 2.45) is 0 Å². The van der Waals surface area contributed by atoms with Gasteiger partial charge in [0, 0.05) is 39.2 Å². The fourth-order valence-corrected chi connectivity index (χ4v) is 3.49. The SMILES string of the molecule is O=C(CCOCC(CCO)Oc1cn[nH]c(=O)c1C(F)(F)F)N1CCN(c2ncc(Cl)cn2)CC1. The monoisotopic (exact) mass is 520 g/mol. The van der Waals surface area contributed by atoms with Crippen LogP contribution in [0.25, 0.3) is 0 Å². The Bertz CT molecular complexity index is 1030. The highest BCUT2D eigenvalue weighted by atomic mass is 35.5. The fourth-order valence-electron chi connectivity index (χ4n) is 3.40. The second-order valence-corrected chi connectivity index (χ2v) is 8.02. The number of piperazine rings is 1. The first-order valence-corrected chi connectivity index (χ1v) is 11.1. The van der Waals surface area contributed by atoms with E-state index in [2.05, 4.69) is 15.1 Å². The summed E-state index contributed by atoms with van der Waals surface area (Å²) in [6.45, 7) is 1.46. The Hall–Kier alpha value is -2.97. The number of aliphatic hydroxyl groups is 1. The molecule has 3 heterocycles. The summed E-state index contributed by atoms with van der Waals surface area (Å²) in [5.74, 6) is -0.370. The van der Waals surface area contributed by atoms with Crippen LogP contribution in [-0.4, -0.2) is 88.2 Å². The number of anilines is 1. The topological polar surface area (TPSA) is 134 Å². The van der Waals surface area contributed by atoms with E-state index >= 15 is 0 Å². The number of halogens is 4. The van der Waals surface area contributed by atoms with Gasteiger partial charge in [0.2, 0.25) is 11.9 Å². The van der Waals surface area contributed by atoms with Gasteiger partial charge in [-0.3, -0.25) is 9.59 Å². The number of aliphatic hydroxyl groups excluding tert-OH is 1. The van der Waals surface area contributed by atoms with Gasteiger partial charge in [-0.25, -0.2) is 15.1 Å². The lowest BCUT2D eigenvalue weighted by Gasteiger charge is -2.34. The van der Waals surface area contributed by atoms with Crippen molar-refractivity contribution in [3.05, 3.63) is 39.5 Å². The zero-order chi connectivity index (χ0) is 25.4. The van der Waals surface area contributed by atoms with Crippen molar-refractivity contribution in [3.63, 3.8) is 0 Å². The molecule has 1 aliphatic rings. The molecule has 2 aromatic heterocycles. The fraction of sp³-hybridized carbons (Fsp3) is 0.550. The number of H-pyrrole nitrogens is 1. The summed E-state index contributed by atoms with van der Waals surface area (Å²) in [6.07, 6.45) is -2.18. The second kappa shape index (κ2) is 12.1. The summed E-state index contributed by atoms with van der Waals surface area (Å²) >= 11 is 5.79. The van der Waals surface area contributed by atoms with E-state index in [9.17, 15) is 27.9 Å². The maximum Gasteiger partial charge on any atom is 0.425 e. The number of aromatic nitrogens is 4. The van der Waals surface area contributed by atoms with Crippen LogP contribution >= 0.6 is 11.6 Å². The minimum absolute atomic E-state index is 0.00435. The molecule has 0 bridgehead atoms. The molecule has 3 rings (SSSR count). The van der Waals surface area contributed by atoms with Gasteiger partial charge in [0.25, 0.3) is 5.56 Å². The second-order valence-electron chi connectivity index (χ2n) is 7.58. The summed E-state index contributed by atoms with van der Waals surface area (Å²) in [5, 5.41) is 14.7. The number of alkyl halides is 3. The summed E-state index contributed by atoms with van der Waals surface area (Å²) in [6, 6.07) is 0. The highest BCUT2D eigenvalue weighted by Gasteiger charge is 2.38. The Balaban J connectivity index is 1.45. The van der Waals surface area contributed by atoms with Crippen molar-refractivity contribution < 1.29 is 32.5 Å². The predicted molar refractivity (Wildman–Crippen MR) is 117 cm³/mol. The number of nitrogens with one attached hydrogen (secondary N) is 1. The van der Waals surface area contributed by atoms with Crippen molar-refractivity contribution in [1.29, 1.82) is 0 Å². The summed E-state index contributed by atoms with van der Waals surface area (Å²) < 4.78 is 50.3. The average molecular weight is 521 g/mol. The maximum atomic E-state index is 13.2. The van der Waals surface area contributed by atoms with Crippen LogP contribution in [-0.2, 0) is 15.7 Å². The van der Waals surface area contributed by atoms with E-state index in [0.717, 1.165) is 6.20 Å². The summed E-state index contributed by atoms with van der Waals surface area (Å²) in [5.41, 5.74) is -2.96. The third-order valence-electron chi connectivity index (χ3n) is 5.14. The van der Waals surface area contributed by atoms with Gasteiger partial charge >= 0.3 is 6.18 Å². The molecular weight excluding hydrogens is 497 g/mol. The van der Waals surface area contributed by atoms with Crippen LogP contribution in [0.3, 0.4) is 0 Å².